The highest BCUT2D eigenvalue weighted by atomic mass is 16.2. The summed E-state index contributed by atoms with van der Waals surface area (Å²) in [5.74, 6) is 0.159. The molecule has 1 aromatic rings. The first-order valence-corrected chi connectivity index (χ1v) is 7.88. The van der Waals surface area contributed by atoms with Gasteiger partial charge in [0.05, 0.1) is 0 Å². The number of hydrogen-bond donors (Lipinski definition) is 1. The van der Waals surface area contributed by atoms with E-state index in [-0.39, 0.29) is 5.91 Å². The van der Waals surface area contributed by atoms with Crippen LogP contribution in [0.1, 0.15) is 37.0 Å². The van der Waals surface area contributed by atoms with Gasteiger partial charge in [-0.15, -0.1) is 0 Å². The fraction of sp³-hybridized carbons (Fsp3) is 0.588. The van der Waals surface area contributed by atoms with Crippen LogP contribution in [0.25, 0.3) is 0 Å². The van der Waals surface area contributed by atoms with Crippen LogP contribution in [0.3, 0.4) is 0 Å². The lowest BCUT2D eigenvalue weighted by Gasteiger charge is -2.40. The van der Waals surface area contributed by atoms with Crippen molar-refractivity contribution in [3.8, 4) is 0 Å². The molecule has 1 saturated heterocycles. The minimum atomic E-state index is 0.159. The Morgan fingerprint density at radius 1 is 1.24 bits per heavy atom. The van der Waals surface area contributed by atoms with Gasteiger partial charge in [-0.1, -0.05) is 13.8 Å². The summed E-state index contributed by atoms with van der Waals surface area (Å²) in [6, 6.07) is 8.61. The zero-order chi connectivity index (χ0) is 15.4. The highest BCUT2D eigenvalue weighted by Gasteiger charge is 2.29. The maximum Gasteiger partial charge on any atom is 0.254 e. The average Bonchev–Trinajstić information content (AvgIpc) is 2.53. The molecule has 4 heteroatoms. The van der Waals surface area contributed by atoms with Crippen molar-refractivity contribution < 1.29 is 4.79 Å². The van der Waals surface area contributed by atoms with Gasteiger partial charge in [-0.3, -0.25) is 4.79 Å². The second kappa shape index (κ2) is 6.94. The van der Waals surface area contributed by atoms with Gasteiger partial charge in [0.2, 0.25) is 0 Å². The average molecular weight is 289 g/mol. The lowest BCUT2D eigenvalue weighted by atomic mass is 10.0. The maximum atomic E-state index is 12.8. The summed E-state index contributed by atoms with van der Waals surface area (Å²) in [5.41, 5.74) is 1.90. The van der Waals surface area contributed by atoms with Crippen LogP contribution in [0.15, 0.2) is 24.3 Å². The molecule has 0 saturated carbocycles. The summed E-state index contributed by atoms with van der Waals surface area (Å²) in [4.78, 5) is 16.9. The minimum absolute atomic E-state index is 0.159. The summed E-state index contributed by atoms with van der Waals surface area (Å²) >= 11 is 0. The quantitative estimate of drug-likeness (QED) is 0.924. The molecule has 1 heterocycles. The summed E-state index contributed by atoms with van der Waals surface area (Å²) < 4.78 is 0. The highest BCUT2D eigenvalue weighted by molar-refractivity contribution is 5.95. The fourth-order valence-corrected chi connectivity index (χ4v) is 2.82. The molecule has 116 valence electrons. The summed E-state index contributed by atoms with van der Waals surface area (Å²) in [5, 5.41) is 3.53. The molecule has 21 heavy (non-hydrogen) atoms. The van der Waals surface area contributed by atoms with Crippen LogP contribution < -0.4 is 10.2 Å². The van der Waals surface area contributed by atoms with E-state index in [1.54, 1.807) is 0 Å². The molecule has 0 bridgehead atoms. The number of hydrogen-bond acceptors (Lipinski definition) is 3. The van der Waals surface area contributed by atoms with Crippen molar-refractivity contribution in [1.29, 1.82) is 0 Å². The SMILES string of the molecule is CCC1CN(C(=O)c2ccc(N(C)C)cc2)C(CC)CN1. The predicted octanol–water partition coefficient (Wildman–Crippen LogP) is 2.36. The third-order valence-electron chi connectivity index (χ3n) is 4.36. The van der Waals surface area contributed by atoms with Crippen LogP contribution >= 0.6 is 0 Å². The lowest BCUT2D eigenvalue weighted by molar-refractivity contribution is 0.0576. The Morgan fingerprint density at radius 2 is 1.90 bits per heavy atom. The van der Waals surface area contributed by atoms with E-state index in [2.05, 4.69) is 24.1 Å². The van der Waals surface area contributed by atoms with Crippen LogP contribution in [-0.2, 0) is 0 Å². The Bertz CT molecular complexity index is 469. The molecule has 2 atom stereocenters. The van der Waals surface area contributed by atoms with Crippen molar-refractivity contribution in [1.82, 2.24) is 10.2 Å². The van der Waals surface area contributed by atoms with Crippen molar-refractivity contribution in [2.45, 2.75) is 38.8 Å². The van der Waals surface area contributed by atoms with Gasteiger partial charge in [0, 0.05) is 50.5 Å². The first kappa shape index (κ1) is 15.8. The van der Waals surface area contributed by atoms with Crippen LogP contribution in [0, 0.1) is 0 Å². The van der Waals surface area contributed by atoms with Crippen molar-refractivity contribution in [3.05, 3.63) is 29.8 Å². The van der Waals surface area contributed by atoms with Crippen molar-refractivity contribution in [2.24, 2.45) is 0 Å². The van der Waals surface area contributed by atoms with Gasteiger partial charge < -0.3 is 15.1 Å². The summed E-state index contributed by atoms with van der Waals surface area (Å²) in [7, 11) is 4.01. The number of carbonyl (C=O) groups is 1. The summed E-state index contributed by atoms with van der Waals surface area (Å²) in [6.45, 7) is 6.02. The van der Waals surface area contributed by atoms with E-state index < -0.39 is 0 Å². The molecular formula is C17H27N3O. The zero-order valence-corrected chi connectivity index (χ0v) is 13.6. The van der Waals surface area contributed by atoms with E-state index in [0.717, 1.165) is 37.2 Å². The smallest absolute Gasteiger partial charge is 0.254 e. The Balaban J connectivity index is 2.15. The molecule has 1 N–H and O–H groups in total. The highest BCUT2D eigenvalue weighted by Crippen LogP contribution is 2.18. The number of rotatable bonds is 4. The minimum Gasteiger partial charge on any atom is -0.378 e. The van der Waals surface area contributed by atoms with Crippen LogP contribution in [0.5, 0.6) is 0 Å². The van der Waals surface area contributed by atoms with E-state index >= 15 is 0 Å². The molecule has 1 amide bonds. The number of nitrogens with one attached hydrogen (secondary N) is 1. The number of piperazine rings is 1. The van der Waals surface area contributed by atoms with E-state index in [1.807, 2.05) is 43.3 Å². The van der Waals surface area contributed by atoms with Gasteiger partial charge in [-0.2, -0.15) is 0 Å². The molecule has 0 radical (unpaired) electrons. The van der Waals surface area contributed by atoms with Gasteiger partial charge in [-0.25, -0.2) is 0 Å². The van der Waals surface area contributed by atoms with Gasteiger partial charge in [0.1, 0.15) is 0 Å². The third-order valence-corrected chi connectivity index (χ3v) is 4.36. The van der Waals surface area contributed by atoms with E-state index in [9.17, 15) is 4.79 Å². The van der Waals surface area contributed by atoms with Crippen molar-refractivity contribution in [3.63, 3.8) is 0 Å². The molecule has 2 unspecified atom stereocenters. The van der Waals surface area contributed by atoms with Crippen molar-refractivity contribution >= 4 is 11.6 Å². The van der Waals surface area contributed by atoms with E-state index in [1.165, 1.54) is 0 Å². The standard InChI is InChI=1S/C17H27N3O/c1-5-14-12-20(15(6-2)11-18-14)17(21)13-7-9-16(10-8-13)19(3)4/h7-10,14-15,18H,5-6,11-12H2,1-4H3. The zero-order valence-electron chi connectivity index (χ0n) is 13.6. The van der Waals surface area contributed by atoms with Crippen LogP contribution in [-0.4, -0.2) is 50.1 Å². The van der Waals surface area contributed by atoms with Gasteiger partial charge >= 0.3 is 0 Å². The molecule has 0 aromatic heterocycles. The Hall–Kier alpha value is -1.55. The van der Waals surface area contributed by atoms with Gasteiger partial charge in [0.25, 0.3) is 5.91 Å². The van der Waals surface area contributed by atoms with E-state index in [0.29, 0.717) is 12.1 Å². The lowest BCUT2D eigenvalue weighted by Crippen LogP contribution is -2.57. The number of nitrogens with zero attached hydrogens (tertiary/aromatic N) is 2. The molecule has 0 spiro atoms. The normalized spacial score (nSPS) is 22.2. The summed E-state index contributed by atoms with van der Waals surface area (Å²) in [6.07, 6.45) is 2.05. The Kier molecular flexibility index (Phi) is 5.23. The maximum absolute atomic E-state index is 12.8. The topological polar surface area (TPSA) is 35.6 Å². The molecule has 1 aliphatic heterocycles. The van der Waals surface area contributed by atoms with Gasteiger partial charge in [0.15, 0.2) is 0 Å². The second-order valence-electron chi connectivity index (χ2n) is 5.97. The first-order chi connectivity index (χ1) is 10.1. The second-order valence-corrected chi connectivity index (χ2v) is 5.97. The Labute approximate surface area is 128 Å². The van der Waals surface area contributed by atoms with Crippen LogP contribution in [0.2, 0.25) is 0 Å². The predicted molar refractivity (Wildman–Crippen MR) is 88.0 cm³/mol. The molecule has 4 nitrogen and oxygen atoms in total. The molecular weight excluding hydrogens is 262 g/mol. The molecule has 1 fully saturated rings. The van der Waals surface area contributed by atoms with Gasteiger partial charge in [-0.05, 0) is 37.1 Å². The molecule has 1 aliphatic rings. The molecule has 1 aromatic carbocycles. The largest absolute Gasteiger partial charge is 0.378 e. The number of benzene rings is 1. The fourth-order valence-electron chi connectivity index (χ4n) is 2.82. The molecule has 0 aliphatic carbocycles. The van der Waals surface area contributed by atoms with Crippen molar-refractivity contribution in [2.75, 3.05) is 32.1 Å². The number of carbonyl (C=O) groups excluding carboxylic acids is 1. The third kappa shape index (κ3) is 3.56. The van der Waals surface area contributed by atoms with E-state index in [4.69, 9.17) is 0 Å². The number of anilines is 1. The first-order valence-electron chi connectivity index (χ1n) is 7.88. The van der Waals surface area contributed by atoms with Crippen LogP contribution in [0.4, 0.5) is 5.69 Å². The monoisotopic (exact) mass is 289 g/mol. The Morgan fingerprint density at radius 3 is 2.43 bits per heavy atom. The molecule has 2 rings (SSSR count). The number of amides is 1.